The van der Waals surface area contributed by atoms with Crippen LogP contribution in [0.1, 0.15) is 6.92 Å². The summed E-state index contributed by atoms with van der Waals surface area (Å²) in [6.07, 6.45) is 0. The Morgan fingerprint density at radius 1 is 1.44 bits per heavy atom. The first-order chi connectivity index (χ1) is 8.58. The number of hydrogen-bond donors (Lipinski definition) is 1. The third kappa shape index (κ3) is 3.02. The summed E-state index contributed by atoms with van der Waals surface area (Å²) in [6.45, 7) is 1.61. The maximum absolute atomic E-state index is 11.4. The van der Waals surface area contributed by atoms with Crippen molar-refractivity contribution in [2.75, 3.05) is 5.32 Å². The van der Waals surface area contributed by atoms with Crippen LogP contribution in [0, 0.1) is 0 Å². The van der Waals surface area contributed by atoms with Crippen LogP contribution in [0.25, 0.3) is 11.3 Å². The van der Waals surface area contributed by atoms with E-state index in [-0.39, 0.29) is 5.91 Å². The lowest BCUT2D eigenvalue weighted by Crippen LogP contribution is -2.20. The highest BCUT2D eigenvalue weighted by Gasteiger charge is 2.13. The van der Waals surface area contributed by atoms with Crippen molar-refractivity contribution in [3.05, 3.63) is 34.7 Å². The predicted octanol–water partition coefficient (Wildman–Crippen LogP) is 4.03. The van der Waals surface area contributed by atoms with Crippen LogP contribution in [0.4, 0.5) is 5.13 Å². The highest BCUT2D eigenvalue weighted by Crippen LogP contribution is 2.30. The van der Waals surface area contributed by atoms with Crippen LogP contribution in [-0.2, 0) is 4.79 Å². The molecule has 94 valence electrons. The fraction of sp³-hybridized carbons (Fsp3) is 0.167. The smallest absolute Gasteiger partial charge is 0.243 e. The third-order valence-electron chi connectivity index (χ3n) is 2.25. The Balaban J connectivity index is 2.21. The number of anilines is 1. The molecular weight excluding hydrogens is 291 g/mol. The molecule has 1 aromatic heterocycles. The number of aromatic nitrogens is 1. The molecule has 1 atom stereocenters. The van der Waals surface area contributed by atoms with Crippen molar-refractivity contribution in [1.29, 1.82) is 0 Å². The summed E-state index contributed by atoms with van der Waals surface area (Å²) in [5.74, 6) is -0.267. The molecule has 0 aliphatic rings. The van der Waals surface area contributed by atoms with Gasteiger partial charge in [-0.3, -0.25) is 4.79 Å². The Bertz CT molecular complexity index is 569. The van der Waals surface area contributed by atoms with Gasteiger partial charge < -0.3 is 5.32 Å². The Morgan fingerprint density at radius 2 is 2.17 bits per heavy atom. The van der Waals surface area contributed by atoms with Gasteiger partial charge in [-0.15, -0.1) is 22.9 Å². The van der Waals surface area contributed by atoms with Crippen molar-refractivity contribution in [1.82, 2.24) is 4.98 Å². The molecular formula is C12H10Cl2N2OS. The van der Waals surface area contributed by atoms with Gasteiger partial charge in [0.2, 0.25) is 5.91 Å². The van der Waals surface area contributed by atoms with Crippen LogP contribution in [0.5, 0.6) is 0 Å². The van der Waals surface area contributed by atoms with E-state index in [4.69, 9.17) is 23.2 Å². The van der Waals surface area contributed by atoms with E-state index >= 15 is 0 Å². The van der Waals surface area contributed by atoms with Gasteiger partial charge in [-0.05, 0) is 13.0 Å². The minimum atomic E-state index is -0.585. The molecule has 0 fully saturated rings. The summed E-state index contributed by atoms with van der Waals surface area (Å²) in [6, 6.07) is 7.43. The Hall–Kier alpha value is -1.10. The van der Waals surface area contributed by atoms with Gasteiger partial charge in [0.05, 0.1) is 5.69 Å². The van der Waals surface area contributed by atoms with Gasteiger partial charge in [0, 0.05) is 16.0 Å². The van der Waals surface area contributed by atoms with E-state index in [1.165, 1.54) is 11.3 Å². The minimum Gasteiger partial charge on any atom is -0.301 e. The molecule has 1 amide bonds. The Kier molecular flexibility index (Phi) is 4.22. The molecule has 2 rings (SSSR count). The van der Waals surface area contributed by atoms with Gasteiger partial charge in [0.1, 0.15) is 5.38 Å². The average molecular weight is 301 g/mol. The van der Waals surface area contributed by atoms with Crippen molar-refractivity contribution in [2.24, 2.45) is 0 Å². The summed E-state index contributed by atoms with van der Waals surface area (Å²) in [7, 11) is 0. The number of nitrogens with one attached hydrogen (secondary N) is 1. The number of nitrogens with zero attached hydrogens (tertiary/aromatic N) is 1. The Labute approximate surface area is 119 Å². The van der Waals surface area contributed by atoms with Crippen molar-refractivity contribution in [3.63, 3.8) is 0 Å². The van der Waals surface area contributed by atoms with E-state index in [1.807, 2.05) is 23.6 Å². The molecule has 0 saturated carbocycles. The zero-order valence-corrected chi connectivity index (χ0v) is 11.8. The first kappa shape index (κ1) is 13.3. The molecule has 0 aliphatic carbocycles. The number of hydrogen-bond acceptors (Lipinski definition) is 3. The van der Waals surface area contributed by atoms with Crippen LogP contribution in [0.15, 0.2) is 29.6 Å². The maximum atomic E-state index is 11.4. The van der Waals surface area contributed by atoms with Crippen molar-refractivity contribution < 1.29 is 4.79 Å². The number of rotatable bonds is 3. The van der Waals surface area contributed by atoms with E-state index in [0.717, 1.165) is 11.3 Å². The molecule has 6 heteroatoms. The maximum Gasteiger partial charge on any atom is 0.243 e. The molecule has 2 aromatic rings. The predicted molar refractivity (Wildman–Crippen MR) is 76.5 cm³/mol. The van der Waals surface area contributed by atoms with E-state index in [1.54, 1.807) is 13.0 Å². The second kappa shape index (κ2) is 5.69. The summed E-state index contributed by atoms with van der Waals surface area (Å²) >= 11 is 13.1. The second-order valence-electron chi connectivity index (χ2n) is 3.62. The van der Waals surface area contributed by atoms with Crippen molar-refractivity contribution in [3.8, 4) is 11.3 Å². The van der Waals surface area contributed by atoms with Gasteiger partial charge >= 0.3 is 0 Å². The van der Waals surface area contributed by atoms with Crippen LogP contribution in [0.3, 0.4) is 0 Å². The normalized spacial score (nSPS) is 12.2. The topological polar surface area (TPSA) is 42.0 Å². The first-order valence-corrected chi connectivity index (χ1v) is 6.92. The molecule has 3 nitrogen and oxygen atoms in total. The lowest BCUT2D eigenvalue weighted by Gasteiger charge is -2.02. The molecule has 1 heterocycles. The Morgan fingerprint density at radius 3 is 2.83 bits per heavy atom. The van der Waals surface area contributed by atoms with Crippen LogP contribution in [-0.4, -0.2) is 16.3 Å². The van der Waals surface area contributed by atoms with Gasteiger partial charge in [-0.2, -0.15) is 0 Å². The number of carbonyl (C=O) groups excluding carboxylic acids is 1. The quantitative estimate of drug-likeness (QED) is 0.870. The van der Waals surface area contributed by atoms with Gasteiger partial charge in [-0.1, -0.05) is 29.8 Å². The van der Waals surface area contributed by atoms with Crippen LogP contribution in [0.2, 0.25) is 5.02 Å². The summed E-state index contributed by atoms with van der Waals surface area (Å²) in [5.41, 5.74) is 1.58. The average Bonchev–Trinajstić information content (AvgIpc) is 2.77. The fourth-order valence-electron chi connectivity index (χ4n) is 1.33. The van der Waals surface area contributed by atoms with Gasteiger partial charge in [-0.25, -0.2) is 4.98 Å². The zero-order valence-electron chi connectivity index (χ0n) is 9.48. The lowest BCUT2D eigenvalue weighted by molar-refractivity contribution is -0.115. The summed E-state index contributed by atoms with van der Waals surface area (Å²) in [4.78, 5) is 15.7. The molecule has 1 aromatic carbocycles. The summed E-state index contributed by atoms with van der Waals surface area (Å²) < 4.78 is 0. The first-order valence-electron chi connectivity index (χ1n) is 5.23. The van der Waals surface area contributed by atoms with Gasteiger partial charge in [0.25, 0.3) is 0 Å². The number of benzene rings is 1. The molecule has 1 N–H and O–H groups in total. The van der Waals surface area contributed by atoms with Crippen molar-refractivity contribution in [2.45, 2.75) is 12.3 Å². The highest BCUT2D eigenvalue weighted by atomic mass is 35.5. The lowest BCUT2D eigenvalue weighted by atomic mass is 10.2. The summed E-state index contributed by atoms with van der Waals surface area (Å²) in [5, 5.41) is 5.05. The standard InChI is InChI=1S/C12H10Cl2N2OS/c1-7(13)11(17)16-12-15-10(6-18-12)8-4-2-3-5-9(8)14/h2-7H,1H3,(H,15,16,17)/t7-/m0/s1. The van der Waals surface area contributed by atoms with E-state index in [0.29, 0.717) is 10.2 Å². The molecule has 0 unspecified atom stereocenters. The second-order valence-corrected chi connectivity index (χ2v) is 5.54. The van der Waals surface area contributed by atoms with Crippen LogP contribution < -0.4 is 5.32 Å². The van der Waals surface area contributed by atoms with E-state index < -0.39 is 5.38 Å². The van der Waals surface area contributed by atoms with Gasteiger partial charge in [0.15, 0.2) is 5.13 Å². The monoisotopic (exact) mass is 300 g/mol. The molecule has 0 aliphatic heterocycles. The zero-order chi connectivity index (χ0) is 13.1. The third-order valence-corrected chi connectivity index (χ3v) is 3.53. The highest BCUT2D eigenvalue weighted by molar-refractivity contribution is 7.14. The molecule has 0 saturated heterocycles. The van der Waals surface area contributed by atoms with E-state index in [2.05, 4.69) is 10.3 Å². The number of halogens is 2. The number of amides is 1. The van der Waals surface area contributed by atoms with Crippen molar-refractivity contribution >= 4 is 45.6 Å². The number of alkyl halides is 1. The molecule has 18 heavy (non-hydrogen) atoms. The molecule has 0 bridgehead atoms. The minimum absolute atomic E-state index is 0.267. The van der Waals surface area contributed by atoms with E-state index in [9.17, 15) is 4.79 Å². The SMILES string of the molecule is C[C@H](Cl)C(=O)Nc1nc(-c2ccccc2Cl)cs1. The van der Waals surface area contributed by atoms with Crippen LogP contribution >= 0.6 is 34.5 Å². The molecule has 0 radical (unpaired) electrons. The molecule has 0 spiro atoms. The number of thiazole rings is 1. The number of carbonyl (C=O) groups is 1. The largest absolute Gasteiger partial charge is 0.301 e. The fourth-order valence-corrected chi connectivity index (χ4v) is 2.33.